The smallest absolute Gasteiger partial charge is 0.181 e. The summed E-state index contributed by atoms with van der Waals surface area (Å²) in [4.78, 5) is 0.388. The molecular weight excluding hydrogens is 492 g/mol. The molecule has 38 heavy (non-hydrogen) atoms. The number of hydrogen-bond donors (Lipinski definition) is 2. The minimum atomic E-state index is -3.53. The molecule has 0 amide bonds. The molecule has 4 aliphatic carbocycles. The van der Waals surface area contributed by atoms with Gasteiger partial charge in [-0.1, -0.05) is 57.5 Å². The molecule has 0 heterocycles. The Morgan fingerprint density at radius 3 is 2.45 bits per heavy atom. The summed E-state index contributed by atoms with van der Waals surface area (Å²) in [6, 6.07) is 8.88. The van der Waals surface area contributed by atoms with Crippen LogP contribution in [0.4, 0.5) is 0 Å². The van der Waals surface area contributed by atoms with E-state index >= 15 is 0 Å². The van der Waals surface area contributed by atoms with Gasteiger partial charge < -0.3 is 10.2 Å². The van der Waals surface area contributed by atoms with Crippen molar-refractivity contribution in [3.8, 4) is 0 Å². The van der Waals surface area contributed by atoms with E-state index in [0.717, 1.165) is 44.4 Å². The third-order valence-corrected chi connectivity index (χ3v) is 14.0. The molecule has 2 N–H and O–H groups in total. The summed E-state index contributed by atoms with van der Waals surface area (Å²) in [5.74, 6) is 3.10. The highest BCUT2D eigenvalue weighted by Gasteiger charge is 2.57. The van der Waals surface area contributed by atoms with Gasteiger partial charge in [-0.2, -0.15) is 0 Å². The molecule has 7 unspecified atom stereocenters. The highest BCUT2D eigenvalue weighted by atomic mass is 32.2. The molecule has 0 aromatic heterocycles. The standard InChI is InChI=1S/C33H50O4S/c1-5-33(35)18-16-27-23(21-33)11-13-29-28(27)15-17-32(4)24(12-14-30(29)32)19-26(20-31(34)22(2)3)38(36,37)25-9-7-6-8-10-25/h6-11,22,24,26-31,34-35H,5,12-21H2,1-4H3/t24?,26?,27?,28?,29?,30?,31?,32-,33+/m1/s1. The summed E-state index contributed by atoms with van der Waals surface area (Å²) < 4.78 is 27.7. The zero-order valence-electron chi connectivity index (χ0n) is 24.0. The van der Waals surface area contributed by atoms with Crippen molar-refractivity contribution < 1.29 is 18.6 Å². The maximum atomic E-state index is 13.9. The summed E-state index contributed by atoms with van der Waals surface area (Å²) in [7, 11) is -3.53. The summed E-state index contributed by atoms with van der Waals surface area (Å²) in [6.45, 7) is 8.53. The van der Waals surface area contributed by atoms with Gasteiger partial charge in [0.25, 0.3) is 0 Å². The average Bonchev–Trinajstić information content (AvgIpc) is 3.24. The molecule has 0 aliphatic heterocycles. The molecule has 5 heteroatoms. The van der Waals surface area contributed by atoms with Crippen LogP contribution in [0.3, 0.4) is 0 Å². The van der Waals surface area contributed by atoms with Gasteiger partial charge in [0.1, 0.15) is 0 Å². The summed E-state index contributed by atoms with van der Waals surface area (Å²) in [5, 5.41) is 21.2. The van der Waals surface area contributed by atoms with Gasteiger partial charge in [-0.05, 0) is 124 Å². The lowest BCUT2D eigenvalue weighted by molar-refractivity contribution is -0.0408. The van der Waals surface area contributed by atoms with Crippen LogP contribution in [0.25, 0.3) is 0 Å². The molecule has 1 aromatic rings. The Labute approximate surface area is 231 Å². The SMILES string of the molecule is CC[C@]1(O)CCC2C(=CCC3C2CC[C@]2(C)C(CC(CC(O)C(C)C)S(=O)(=O)c4ccccc4)CCC32)C1. The van der Waals surface area contributed by atoms with Gasteiger partial charge in [-0.25, -0.2) is 8.42 Å². The van der Waals surface area contributed by atoms with Crippen LogP contribution in [0.1, 0.15) is 98.3 Å². The Morgan fingerprint density at radius 1 is 1.03 bits per heavy atom. The first-order valence-corrected chi connectivity index (χ1v) is 16.9. The van der Waals surface area contributed by atoms with Crippen LogP contribution in [0.15, 0.2) is 46.9 Å². The molecule has 5 rings (SSSR count). The van der Waals surface area contributed by atoms with E-state index in [-0.39, 0.29) is 11.3 Å². The van der Waals surface area contributed by atoms with Crippen molar-refractivity contribution in [2.75, 3.05) is 0 Å². The Hall–Kier alpha value is -1.17. The van der Waals surface area contributed by atoms with Gasteiger partial charge >= 0.3 is 0 Å². The van der Waals surface area contributed by atoms with Crippen molar-refractivity contribution in [1.82, 2.24) is 0 Å². The third kappa shape index (κ3) is 5.05. The molecule has 3 fully saturated rings. The second kappa shape index (κ2) is 10.7. The molecule has 0 radical (unpaired) electrons. The largest absolute Gasteiger partial charge is 0.393 e. The highest BCUT2D eigenvalue weighted by Crippen LogP contribution is 2.64. The second-order valence-corrected chi connectivity index (χ2v) is 16.2. The predicted octanol–water partition coefficient (Wildman–Crippen LogP) is 6.96. The number of rotatable bonds is 8. The molecule has 4 nitrogen and oxygen atoms in total. The topological polar surface area (TPSA) is 74.6 Å². The van der Waals surface area contributed by atoms with Gasteiger partial charge in [-0.3, -0.25) is 0 Å². The number of aliphatic hydroxyl groups excluding tert-OH is 1. The third-order valence-electron chi connectivity index (χ3n) is 11.8. The van der Waals surface area contributed by atoms with Crippen LogP contribution in [-0.4, -0.2) is 35.6 Å². The lowest BCUT2D eigenvalue weighted by atomic mass is 9.51. The van der Waals surface area contributed by atoms with Gasteiger partial charge in [0, 0.05) is 0 Å². The quantitative estimate of drug-likeness (QED) is 0.348. The lowest BCUT2D eigenvalue weighted by Crippen LogP contribution is -2.48. The van der Waals surface area contributed by atoms with Gasteiger partial charge in [0.15, 0.2) is 9.84 Å². The van der Waals surface area contributed by atoms with Crippen LogP contribution in [0.2, 0.25) is 0 Å². The first-order chi connectivity index (χ1) is 18.0. The van der Waals surface area contributed by atoms with Crippen molar-refractivity contribution in [3.63, 3.8) is 0 Å². The second-order valence-electron chi connectivity index (χ2n) is 13.9. The maximum Gasteiger partial charge on any atom is 0.181 e. The number of hydrogen-bond acceptors (Lipinski definition) is 4. The number of fused-ring (bicyclic) bond motifs is 5. The first-order valence-electron chi connectivity index (χ1n) is 15.4. The van der Waals surface area contributed by atoms with Crippen molar-refractivity contribution in [1.29, 1.82) is 0 Å². The fraction of sp³-hybridized carbons (Fsp3) is 0.758. The molecule has 9 atom stereocenters. The normalized spacial score (nSPS) is 38.6. The minimum absolute atomic E-state index is 0.0369. The van der Waals surface area contributed by atoms with E-state index in [2.05, 4.69) is 19.9 Å². The fourth-order valence-electron chi connectivity index (χ4n) is 9.17. The van der Waals surface area contributed by atoms with Crippen molar-refractivity contribution in [3.05, 3.63) is 42.0 Å². The molecule has 1 aromatic carbocycles. The molecule has 0 saturated heterocycles. The summed E-state index contributed by atoms with van der Waals surface area (Å²) in [5.41, 5.74) is 1.19. The van der Waals surface area contributed by atoms with Gasteiger partial charge in [0.2, 0.25) is 0 Å². The van der Waals surface area contributed by atoms with E-state index in [0.29, 0.717) is 41.4 Å². The monoisotopic (exact) mass is 542 g/mol. The van der Waals surface area contributed by atoms with Gasteiger partial charge in [-0.15, -0.1) is 0 Å². The zero-order chi connectivity index (χ0) is 27.3. The summed E-state index contributed by atoms with van der Waals surface area (Å²) >= 11 is 0. The Kier molecular flexibility index (Phi) is 7.96. The van der Waals surface area contributed by atoms with E-state index in [4.69, 9.17) is 0 Å². The van der Waals surface area contributed by atoms with Crippen LogP contribution >= 0.6 is 0 Å². The Balaban J connectivity index is 1.37. The maximum absolute atomic E-state index is 13.9. The fourth-order valence-corrected chi connectivity index (χ4v) is 11.0. The molecule has 0 bridgehead atoms. The Morgan fingerprint density at radius 2 is 1.76 bits per heavy atom. The van der Waals surface area contributed by atoms with Crippen LogP contribution in [0.5, 0.6) is 0 Å². The zero-order valence-corrected chi connectivity index (χ0v) is 24.8. The van der Waals surface area contributed by atoms with E-state index < -0.39 is 26.8 Å². The number of allylic oxidation sites excluding steroid dienone is 1. The van der Waals surface area contributed by atoms with E-state index in [1.807, 2.05) is 19.9 Å². The van der Waals surface area contributed by atoms with Crippen LogP contribution in [-0.2, 0) is 9.84 Å². The molecule has 0 spiro atoms. The Bertz CT molecular complexity index is 1110. The van der Waals surface area contributed by atoms with Crippen LogP contribution in [0, 0.1) is 40.9 Å². The van der Waals surface area contributed by atoms with E-state index in [1.165, 1.54) is 24.8 Å². The highest BCUT2D eigenvalue weighted by molar-refractivity contribution is 7.92. The van der Waals surface area contributed by atoms with Gasteiger partial charge in [0.05, 0.1) is 21.9 Å². The van der Waals surface area contributed by atoms with Crippen molar-refractivity contribution >= 4 is 9.84 Å². The first kappa shape index (κ1) is 28.4. The molecule has 212 valence electrons. The number of sulfone groups is 1. The van der Waals surface area contributed by atoms with Crippen molar-refractivity contribution in [2.45, 2.75) is 120 Å². The van der Waals surface area contributed by atoms with E-state index in [9.17, 15) is 18.6 Å². The van der Waals surface area contributed by atoms with Crippen molar-refractivity contribution in [2.24, 2.45) is 40.9 Å². The molecule has 4 aliphatic rings. The lowest BCUT2D eigenvalue weighted by Gasteiger charge is -2.55. The predicted molar refractivity (Wildman–Crippen MR) is 153 cm³/mol. The average molecular weight is 543 g/mol. The summed E-state index contributed by atoms with van der Waals surface area (Å²) in [6.07, 6.45) is 12.4. The van der Waals surface area contributed by atoms with Crippen LogP contribution < -0.4 is 0 Å². The van der Waals surface area contributed by atoms with E-state index in [1.54, 1.807) is 24.3 Å². The minimum Gasteiger partial charge on any atom is -0.393 e. The number of aliphatic hydroxyl groups is 2. The molecular formula is C33H50O4S. The number of benzene rings is 1. The molecule has 3 saturated carbocycles.